The van der Waals surface area contributed by atoms with Crippen LogP contribution >= 0.6 is 34.4 Å². The Hall–Kier alpha value is -1.22. The molecular weight excluding hydrogens is 312 g/mol. The summed E-state index contributed by atoms with van der Waals surface area (Å²) in [6.07, 6.45) is 2.93. The maximum Gasteiger partial charge on any atom is 0.176 e. The van der Waals surface area contributed by atoms with E-state index in [-0.39, 0.29) is 0 Å². The molecule has 0 saturated heterocycles. The van der Waals surface area contributed by atoms with Crippen LogP contribution < -0.4 is 5.32 Å². The van der Waals surface area contributed by atoms with E-state index in [4.69, 9.17) is 0 Å². The van der Waals surface area contributed by atoms with Crippen molar-refractivity contribution in [1.82, 2.24) is 15.0 Å². The second kappa shape index (κ2) is 6.04. The summed E-state index contributed by atoms with van der Waals surface area (Å²) in [5.74, 6) is 0.724. The zero-order valence-electron chi connectivity index (χ0n) is 10.6. The molecule has 5 nitrogen and oxygen atoms in total. The van der Waals surface area contributed by atoms with Crippen LogP contribution in [0, 0.1) is 0 Å². The van der Waals surface area contributed by atoms with Crippen LogP contribution in [0.4, 0.5) is 5.82 Å². The summed E-state index contributed by atoms with van der Waals surface area (Å²) in [6.45, 7) is 0.412. The molecule has 2 N–H and O–H groups in total. The van der Waals surface area contributed by atoms with E-state index in [9.17, 15) is 5.11 Å². The number of hydrogen-bond acceptors (Lipinski definition) is 8. The Morgan fingerprint density at radius 2 is 2.35 bits per heavy atom. The van der Waals surface area contributed by atoms with Crippen molar-refractivity contribution in [1.29, 1.82) is 0 Å². The molecule has 3 aromatic heterocycles. The molecule has 1 unspecified atom stereocenters. The van der Waals surface area contributed by atoms with E-state index in [1.807, 2.05) is 23.1 Å². The third kappa shape index (κ3) is 2.78. The zero-order valence-corrected chi connectivity index (χ0v) is 13.1. The smallest absolute Gasteiger partial charge is 0.176 e. The Balaban J connectivity index is 1.78. The quantitative estimate of drug-likeness (QED) is 0.703. The van der Waals surface area contributed by atoms with Gasteiger partial charge in [0.15, 0.2) is 9.99 Å². The molecule has 0 fully saturated rings. The van der Waals surface area contributed by atoms with Crippen LogP contribution in [-0.2, 0) is 0 Å². The molecule has 0 aliphatic heterocycles. The monoisotopic (exact) mass is 324 g/mol. The topological polar surface area (TPSA) is 70.9 Å². The summed E-state index contributed by atoms with van der Waals surface area (Å²) >= 11 is 4.72. The van der Waals surface area contributed by atoms with Crippen molar-refractivity contribution in [3.63, 3.8) is 0 Å². The molecule has 0 aromatic carbocycles. The van der Waals surface area contributed by atoms with Gasteiger partial charge in [-0.25, -0.2) is 15.0 Å². The van der Waals surface area contributed by atoms with Crippen LogP contribution in [0.15, 0.2) is 27.5 Å². The minimum absolute atomic E-state index is 0.412. The van der Waals surface area contributed by atoms with Gasteiger partial charge in [0.1, 0.15) is 16.8 Å². The third-order valence-electron chi connectivity index (χ3n) is 2.74. The van der Waals surface area contributed by atoms with Gasteiger partial charge in [-0.15, -0.1) is 11.3 Å². The Bertz CT molecular complexity index is 698. The van der Waals surface area contributed by atoms with Gasteiger partial charge >= 0.3 is 0 Å². The Kier molecular flexibility index (Phi) is 4.16. The lowest BCUT2D eigenvalue weighted by atomic mass is 10.2. The number of aliphatic hydroxyl groups is 1. The molecule has 3 rings (SSSR count). The van der Waals surface area contributed by atoms with Gasteiger partial charge in [-0.05, 0) is 28.6 Å². The van der Waals surface area contributed by atoms with E-state index >= 15 is 0 Å². The highest BCUT2D eigenvalue weighted by Crippen LogP contribution is 2.31. The summed E-state index contributed by atoms with van der Waals surface area (Å²) in [7, 11) is 0. The number of thioether (sulfide) groups is 1. The molecular formula is C12H12N4OS3. The maximum atomic E-state index is 10.1. The SMILES string of the molecule is CSc1nc2ncnc(NCC(O)c3ccsc3)c2s1. The third-order valence-corrected chi connectivity index (χ3v) is 5.47. The van der Waals surface area contributed by atoms with Crippen LogP contribution in [0.5, 0.6) is 0 Å². The number of thiazole rings is 1. The molecule has 3 heterocycles. The summed E-state index contributed by atoms with van der Waals surface area (Å²) in [4.78, 5) is 12.8. The number of anilines is 1. The van der Waals surface area contributed by atoms with E-state index in [2.05, 4.69) is 20.3 Å². The lowest BCUT2D eigenvalue weighted by Crippen LogP contribution is -2.12. The van der Waals surface area contributed by atoms with E-state index in [0.717, 1.165) is 20.4 Å². The van der Waals surface area contributed by atoms with Crippen molar-refractivity contribution in [2.45, 2.75) is 10.4 Å². The number of nitrogens with zero attached hydrogens (tertiary/aromatic N) is 3. The second-order valence-electron chi connectivity index (χ2n) is 4.01. The summed E-state index contributed by atoms with van der Waals surface area (Å²) in [6, 6.07) is 1.92. The van der Waals surface area contributed by atoms with Crippen LogP contribution in [0.1, 0.15) is 11.7 Å². The number of thiophene rings is 1. The summed E-state index contributed by atoms with van der Waals surface area (Å²) < 4.78 is 1.89. The summed E-state index contributed by atoms with van der Waals surface area (Å²) in [5.41, 5.74) is 1.61. The fraction of sp³-hybridized carbons (Fsp3) is 0.250. The zero-order chi connectivity index (χ0) is 13.9. The first-order valence-corrected chi connectivity index (χ1v) is 8.86. The molecule has 0 saturated carbocycles. The van der Waals surface area contributed by atoms with Crippen molar-refractivity contribution < 1.29 is 5.11 Å². The van der Waals surface area contributed by atoms with Crippen molar-refractivity contribution in [2.24, 2.45) is 0 Å². The van der Waals surface area contributed by atoms with Crippen LogP contribution in [0.25, 0.3) is 10.3 Å². The molecule has 0 aliphatic rings. The minimum atomic E-state index is -0.542. The molecule has 0 aliphatic carbocycles. The van der Waals surface area contributed by atoms with Crippen LogP contribution in [0.2, 0.25) is 0 Å². The lowest BCUT2D eigenvalue weighted by Gasteiger charge is -2.10. The predicted molar refractivity (Wildman–Crippen MR) is 84.8 cm³/mol. The molecule has 104 valence electrons. The number of aromatic nitrogens is 3. The average Bonchev–Trinajstić information content (AvgIpc) is 3.13. The molecule has 1 atom stereocenters. The lowest BCUT2D eigenvalue weighted by molar-refractivity contribution is 0.192. The predicted octanol–water partition coefficient (Wildman–Crippen LogP) is 3.02. The Labute approximate surface area is 128 Å². The van der Waals surface area contributed by atoms with Gasteiger partial charge in [-0.2, -0.15) is 11.3 Å². The molecule has 0 radical (unpaired) electrons. The van der Waals surface area contributed by atoms with E-state index in [0.29, 0.717) is 12.2 Å². The van der Waals surface area contributed by atoms with Gasteiger partial charge in [0.05, 0.1) is 6.10 Å². The van der Waals surface area contributed by atoms with E-state index in [1.165, 1.54) is 6.33 Å². The Morgan fingerprint density at radius 3 is 3.10 bits per heavy atom. The molecule has 3 aromatic rings. The molecule has 8 heteroatoms. The highest BCUT2D eigenvalue weighted by Gasteiger charge is 2.12. The van der Waals surface area contributed by atoms with Crippen molar-refractivity contribution in [2.75, 3.05) is 18.1 Å². The van der Waals surface area contributed by atoms with E-state index in [1.54, 1.807) is 34.4 Å². The summed E-state index contributed by atoms with van der Waals surface area (Å²) in [5, 5.41) is 17.2. The average molecular weight is 324 g/mol. The van der Waals surface area contributed by atoms with Gasteiger partial charge < -0.3 is 10.4 Å². The fourth-order valence-electron chi connectivity index (χ4n) is 1.72. The highest BCUT2D eigenvalue weighted by atomic mass is 32.2. The second-order valence-corrected chi connectivity index (χ2v) is 6.84. The van der Waals surface area contributed by atoms with Gasteiger partial charge in [0.25, 0.3) is 0 Å². The minimum Gasteiger partial charge on any atom is -0.387 e. The first kappa shape index (κ1) is 13.7. The van der Waals surface area contributed by atoms with Crippen molar-refractivity contribution in [3.05, 3.63) is 28.7 Å². The standard InChI is InChI=1S/C12H12N4OS3/c1-18-12-16-11-9(20-12)10(14-6-15-11)13-4-8(17)7-2-3-19-5-7/h2-3,5-6,8,17H,4H2,1H3,(H,13,14,15). The van der Waals surface area contributed by atoms with Gasteiger partial charge in [0.2, 0.25) is 0 Å². The first-order valence-electron chi connectivity index (χ1n) is 5.87. The van der Waals surface area contributed by atoms with Gasteiger partial charge in [-0.3, -0.25) is 0 Å². The molecule has 20 heavy (non-hydrogen) atoms. The largest absolute Gasteiger partial charge is 0.387 e. The number of rotatable bonds is 5. The van der Waals surface area contributed by atoms with E-state index < -0.39 is 6.10 Å². The number of nitrogens with one attached hydrogen (secondary N) is 1. The maximum absolute atomic E-state index is 10.1. The van der Waals surface area contributed by atoms with Crippen molar-refractivity contribution in [3.8, 4) is 0 Å². The van der Waals surface area contributed by atoms with Gasteiger partial charge in [-0.1, -0.05) is 11.8 Å². The van der Waals surface area contributed by atoms with Crippen molar-refractivity contribution >= 4 is 50.6 Å². The molecule has 0 amide bonds. The number of aliphatic hydroxyl groups excluding tert-OH is 1. The number of fused-ring (bicyclic) bond motifs is 1. The molecule has 0 bridgehead atoms. The van der Waals surface area contributed by atoms with Crippen LogP contribution in [-0.4, -0.2) is 32.9 Å². The van der Waals surface area contributed by atoms with Gasteiger partial charge in [0, 0.05) is 6.54 Å². The number of hydrogen-bond donors (Lipinski definition) is 2. The normalized spacial score (nSPS) is 12.7. The molecule has 0 spiro atoms. The highest BCUT2D eigenvalue weighted by molar-refractivity contribution is 8.00. The first-order chi connectivity index (χ1) is 9.78. The fourth-order valence-corrected chi connectivity index (χ4v) is 3.91. The van der Waals surface area contributed by atoms with Crippen LogP contribution in [0.3, 0.4) is 0 Å². The Morgan fingerprint density at radius 1 is 1.45 bits per heavy atom.